The molecule has 21 heavy (non-hydrogen) atoms. The maximum atomic E-state index is 13.5. The van der Waals surface area contributed by atoms with Gasteiger partial charge in [0.2, 0.25) is 0 Å². The molecule has 0 aliphatic heterocycles. The number of halogens is 2. The summed E-state index contributed by atoms with van der Waals surface area (Å²) in [4.78, 5) is -0.0850. The number of aromatic nitrogens is 2. The van der Waals surface area contributed by atoms with Gasteiger partial charge in [0.1, 0.15) is 5.82 Å². The highest BCUT2D eigenvalue weighted by atomic mass is 35.5. The first-order valence-corrected chi connectivity index (χ1v) is 7.65. The lowest BCUT2D eigenvalue weighted by atomic mass is 10.1. The lowest BCUT2D eigenvalue weighted by Crippen LogP contribution is -2.18. The van der Waals surface area contributed by atoms with Crippen molar-refractivity contribution in [1.29, 1.82) is 0 Å². The fourth-order valence-corrected chi connectivity index (χ4v) is 3.49. The van der Waals surface area contributed by atoms with Crippen LogP contribution in [0.3, 0.4) is 0 Å². The Morgan fingerprint density at radius 1 is 1.29 bits per heavy atom. The normalized spacial score (nSPS) is 11.4. The molecule has 1 heterocycles. The number of hydrogen-bond donors (Lipinski definition) is 2. The average Bonchev–Trinajstić information content (AvgIpc) is 2.38. The van der Waals surface area contributed by atoms with E-state index in [9.17, 15) is 12.8 Å². The third-order valence-corrected chi connectivity index (χ3v) is 4.69. The second-order valence-corrected chi connectivity index (χ2v) is 6.40. The van der Waals surface area contributed by atoms with Gasteiger partial charge in [0, 0.05) is 0 Å². The van der Waals surface area contributed by atoms with E-state index >= 15 is 0 Å². The van der Waals surface area contributed by atoms with Crippen LogP contribution in [0.4, 0.5) is 15.9 Å². The van der Waals surface area contributed by atoms with Gasteiger partial charge in [-0.25, -0.2) is 12.8 Å². The molecule has 0 amide bonds. The minimum Gasteiger partial charge on any atom is -0.396 e. The molecular weight excluding hydrogens is 319 g/mol. The van der Waals surface area contributed by atoms with Crippen LogP contribution in [0.2, 0.25) is 5.15 Å². The Morgan fingerprint density at radius 3 is 2.52 bits per heavy atom. The lowest BCUT2D eigenvalue weighted by Gasteiger charge is -2.14. The highest BCUT2D eigenvalue weighted by molar-refractivity contribution is 7.92. The molecule has 1 aromatic carbocycles. The maximum absolute atomic E-state index is 13.5. The Labute approximate surface area is 126 Å². The number of nitrogen functional groups attached to an aromatic ring is 1. The van der Waals surface area contributed by atoms with Crippen LogP contribution in [-0.2, 0) is 10.0 Å². The SMILES string of the molecule is Cc1cc(F)c(N)c(C)c1S(=O)(=O)Nc1ccc(Cl)nn1. The fraction of sp³-hybridized carbons (Fsp3) is 0.167. The van der Waals surface area contributed by atoms with E-state index in [0.29, 0.717) is 0 Å². The Morgan fingerprint density at radius 2 is 1.95 bits per heavy atom. The zero-order valence-corrected chi connectivity index (χ0v) is 12.8. The molecule has 0 saturated heterocycles. The number of anilines is 2. The van der Waals surface area contributed by atoms with Gasteiger partial charge in [-0.05, 0) is 43.2 Å². The minimum absolute atomic E-state index is 0.00102. The van der Waals surface area contributed by atoms with Gasteiger partial charge in [-0.3, -0.25) is 4.72 Å². The second-order valence-electron chi connectivity index (χ2n) is 4.39. The third-order valence-electron chi connectivity index (χ3n) is 2.84. The van der Waals surface area contributed by atoms with Gasteiger partial charge >= 0.3 is 0 Å². The van der Waals surface area contributed by atoms with E-state index in [1.807, 2.05) is 0 Å². The summed E-state index contributed by atoms with van der Waals surface area (Å²) in [5, 5.41) is 7.28. The van der Waals surface area contributed by atoms with Crippen molar-refractivity contribution in [3.63, 3.8) is 0 Å². The van der Waals surface area contributed by atoms with Gasteiger partial charge in [0.15, 0.2) is 11.0 Å². The van der Waals surface area contributed by atoms with Gasteiger partial charge in [-0.1, -0.05) is 11.6 Å². The highest BCUT2D eigenvalue weighted by Gasteiger charge is 2.23. The standard InChI is InChI=1S/C12H12ClFN4O2S/c1-6-5-8(14)11(15)7(2)12(6)21(19,20)18-10-4-3-9(13)16-17-10/h3-5H,15H2,1-2H3,(H,17,18). The molecule has 3 N–H and O–H groups in total. The van der Waals surface area contributed by atoms with Crippen molar-refractivity contribution >= 4 is 33.1 Å². The summed E-state index contributed by atoms with van der Waals surface area (Å²) < 4.78 is 40.6. The smallest absolute Gasteiger partial charge is 0.263 e. The van der Waals surface area contributed by atoms with Crippen LogP contribution in [0.15, 0.2) is 23.1 Å². The zero-order valence-electron chi connectivity index (χ0n) is 11.2. The van der Waals surface area contributed by atoms with E-state index in [4.69, 9.17) is 17.3 Å². The fourth-order valence-electron chi connectivity index (χ4n) is 1.90. The first-order chi connectivity index (χ1) is 9.72. The van der Waals surface area contributed by atoms with Crippen LogP contribution in [0.25, 0.3) is 0 Å². The van der Waals surface area contributed by atoms with Gasteiger partial charge in [-0.15, -0.1) is 10.2 Å². The van der Waals surface area contributed by atoms with Crippen LogP contribution >= 0.6 is 11.6 Å². The monoisotopic (exact) mass is 330 g/mol. The van der Waals surface area contributed by atoms with E-state index in [0.717, 1.165) is 6.07 Å². The number of aryl methyl sites for hydroxylation is 1. The van der Waals surface area contributed by atoms with Crippen molar-refractivity contribution in [1.82, 2.24) is 10.2 Å². The summed E-state index contributed by atoms with van der Waals surface area (Å²) in [6, 6.07) is 3.83. The highest BCUT2D eigenvalue weighted by Crippen LogP contribution is 2.28. The molecule has 112 valence electrons. The predicted molar refractivity (Wildman–Crippen MR) is 78.1 cm³/mol. The molecule has 6 nitrogen and oxygen atoms in total. The second kappa shape index (κ2) is 5.45. The van der Waals surface area contributed by atoms with E-state index < -0.39 is 15.8 Å². The number of rotatable bonds is 3. The number of nitrogens with one attached hydrogen (secondary N) is 1. The first-order valence-electron chi connectivity index (χ1n) is 5.79. The summed E-state index contributed by atoms with van der Waals surface area (Å²) in [5.41, 5.74) is 5.73. The summed E-state index contributed by atoms with van der Waals surface area (Å²) in [7, 11) is -3.97. The molecule has 0 saturated carbocycles. The molecule has 0 atom stereocenters. The van der Waals surface area contributed by atoms with Gasteiger partial charge in [0.05, 0.1) is 10.6 Å². The summed E-state index contributed by atoms with van der Waals surface area (Å²) in [6.07, 6.45) is 0. The Hall–Kier alpha value is -1.93. The Kier molecular flexibility index (Phi) is 4.02. The maximum Gasteiger partial charge on any atom is 0.263 e. The van der Waals surface area contributed by atoms with Crippen molar-refractivity contribution in [2.24, 2.45) is 0 Å². The number of hydrogen-bond acceptors (Lipinski definition) is 5. The van der Waals surface area contributed by atoms with Gasteiger partial charge < -0.3 is 5.73 Å². The van der Waals surface area contributed by atoms with Crippen molar-refractivity contribution in [3.8, 4) is 0 Å². The molecule has 0 radical (unpaired) electrons. The van der Waals surface area contributed by atoms with Crippen LogP contribution < -0.4 is 10.5 Å². The molecule has 0 unspecified atom stereocenters. The average molecular weight is 331 g/mol. The lowest BCUT2D eigenvalue weighted by molar-refractivity contribution is 0.598. The quantitative estimate of drug-likeness (QED) is 0.841. The summed E-state index contributed by atoms with van der Waals surface area (Å²) >= 11 is 5.58. The van der Waals surface area contributed by atoms with Crippen molar-refractivity contribution in [2.45, 2.75) is 18.7 Å². The Bertz CT molecular complexity index is 794. The molecule has 1 aromatic heterocycles. The number of nitrogens with two attached hydrogens (primary N) is 1. The van der Waals surface area contributed by atoms with E-state index in [1.165, 1.54) is 26.0 Å². The van der Waals surface area contributed by atoms with E-state index in [2.05, 4.69) is 14.9 Å². The third kappa shape index (κ3) is 3.06. The van der Waals surface area contributed by atoms with Crippen molar-refractivity contribution in [2.75, 3.05) is 10.5 Å². The first kappa shape index (κ1) is 15.5. The zero-order chi connectivity index (χ0) is 15.8. The molecule has 2 rings (SSSR count). The largest absolute Gasteiger partial charge is 0.396 e. The minimum atomic E-state index is -3.97. The van der Waals surface area contributed by atoms with Crippen LogP contribution in [0, 0.1) is 19.7 Å². The van der Waals surface area contributed by atoms with Crippen molar-refractivity contribution < 1.29 is 12.8 Å². The molecule has 0 aliphatic rings. The molecule has 0 aliphatic carbocycles. The topological polar surface area (TPSA) is 98.0 Å². The number of nitrogens with zero attached hydrogens (tertiary/aromatic N) is 2. The van der Waals surface area contributed by atoms with Gasteiger partial charge in [0.25, 0.3) is 10.0 Å². The van der Waals surface area contributed by atoms with E-state index in [-0.39, 0.29) is 32.7 Å². The predicted octanol–water partition coefficient (Wildman–Crippen LogP) is 2.27. The molecule has 9 heteroatoms. The van der Waals surface area contributed by atoms with Crippen LogP contribution in [-0.4, -0.2) is 18.6 Å². The van der Waals surface area contributed by atoms with Gasteiger partial charge in [-0.2, -0.15) is 0 Å². The molecular formula is C12H12ClFN4O2S. The number of benzene rings is 1. The Balaban J connectivity index is 2.50. The molecule has 0 spiro atoms. The molecule has 2 aromatic rings. The molecule has 0 fully saturated rings. The van der Waals surface area contributed by atoms with Crippen LogP contribution in [0.5, 0.6) is 0 Å². The summed E-state index contributed by atoms with van der Waals surface area (Å²) in [5.74, 6) is -0.656. The number of sulfonamides is 1. The summed E-state index contributed by atoms with van der Waals surface area (Å²) in [6.45, 7) is 2.92. The van der Waals surface area contributed by atoms with E-state index in [1.54, 1.807) is 0 Å². The van der Waals surface area contributed by atoms with Crippen molar-refractivity contribution in [3.05, 3.63) is 40.3 Å². The molecule has 0 bridgehead atoms. The van der Waals surface area contributed by atoms with Crippen LogP contribution in [0.1, 0.15) is 11.1 Å².